The van der Waals surface area contributed by atoms with Crippen LogP contribution in [0.1, 0.15) is 156 Å². The molecule has 0 saturated heterocycles. The second-order valence-corrected chi connectivity index (χ2v) is 27.4. The van der Waals surface area contributed by atoms with Gasteiger partial charge < -0.3 is 127 Å². The number of halogens is 2. The Hall–Kier alpha value is -9.77. The van der Waals surface area contributed by atoms with E-state index in [1.165, 1.54) is 13.0 Å². The predicted octanol–water partition coefficient (Wildman–Crippen LogP) is -2.81. The molecule has 10 amide bonds. The van der Waals surface area contributed by atoms with Crippen LogP contribution in [-0.2, 0) is 61.8 Å². The number of rotatable bonds is 50. The quantitative estimate of drug-likeness (QED) is 0.00698. The fraction of sp³-hybridized carbons (Fsp3) is 0.565. The lowest BCUT2D eigenvalue weighted by Crippen LogP contribution is -2.63. The van der Waals surface area contributed by atoms with Gasteiger partial charge in [-0.2, -0.15) is 0 Å². The molecule has 28 N–H and O–H groups in total. The number of phosphoric ester groups is 1. The van der Waals surface area contributed by atoms with Gasteiger partial charge in [-0.3, -0.25) is 57.5 Å². The zero-order valence-corrected chi connectivity index (χ0v) is 62.3. The molecule has 0 bridgehead atoms. The molecule has 0 unspecified atom stereocenters. The molecule has 612 valence electrons. The first-order valence-corrected chi connectivity index (χ1v) is 37.4. The zero-order chi connectivity index (χ0) is 81.9. The largest absolute Gasteiger partial charge is 0.505 e. The van der Waals surface area contributed by atoms with Crippen LogP contribution in [0.5, 0.6) is 23.0 Å². The molecular formula is C69H105F2N16O22P. The highest BCUT2D eigenvalue weighted by molar-refractivity contribution is 7.46. The number of phenols is 2. The van der Waals surface area contributed by atoms with Gasteiger partial charge in [0.1, 0.15) is 65.9 Å². The van der Waals surface area contributed by atoms with E-state index in [1.54, 1.807) is 25.1 Å². The minimum Gasteiger partial charge on any atom is -0.505 e. The highest BCUT2D eigenvalue weighted by atomic mass is 31.2. The number of carbonyl (C=O) groups is 11. The lowest BCUT2D eigenvalue weighted by Gasteiger charge is -2.30. The van der Waals surface area contributed by atoms with Gasteiger partial charge in [-0.25, -0.2) is 18.1 Å². The van der Waals surface area contributed by atoms with Crippen LogP contribution in [0.4, 0.5) is 8.78 Å². The van der Waals surface area contributed by atoms with Gasteiger partial charge in [0, 0.05) is 42.1 Å². The van der Waals surface area contributed by atoms with E-state index in [4.69, 9.17) is 43.9 Å². The van der Waals surface area contributed by atoms with E-state index in [-0.39, 0.29) is 137 Å². The maximum absolute atomic E-state index is 14.8. The standard InChI is InChI=1S/C69H105F2N16O22P/c1-4-36(2)57(86-64(99)48(33-88)79-55(93)23-6-5-15-28-107-68(103)39-18-8-7-17-38(39)56-40-29-42(70)51(91)31-53(40)109-54-32-52(92)43(71)30-41(54)56)66(101)87-58(37(3)90)67(102)83-46(21-11-14-26-74)62(97)85-50(35-108-110(104,105)106)65(100)84-49(34-89)63(98)82-47(22-16-27-78-69(76)77)61(96)81-45(20-10-13-25-73)60(95)80-44(59(75)94)19-9-12-24-72/h7-8,17-18,29-32,36-37,44-50,56-58,88-92H,4-6,9-16,19-28,33-35,72-74H2,1-3H3,(H2,75,94)(H,79,93)(H,80,95)(H,81,96)(H,82,98)(H,83,102)(H,84,100)(H,85,97)(H,86,99)(H,87,101)(H4,76,77,78)(H2,104,105,106)/t36-,37+,44-,45-,46-,47-,48-,49-,50-,57-,58-/m0/s1. The third kappa shape index (κ3) is 29.9. The number of hydrogen-bond acceptors (Lipinski definition) is 24. The smallest absolute Gasteiger partial charge is 0.469 e. The van der Waals surface area contributed by atoms with Gasteiger partial charge >= 0.3 is 13.8 Å². The number of aromatic hydroxyl groups is 2. The fourth-order valence-electron chi connectivity index (χ4n) is 11.4. The van der Waals surface area contributed by atoms with Crippen molar-refractivity contribution in [3.8, 4) is 23.0 Å². The summed E-state index contributed by atoms with van der Waals surface area (Å²) in [5.74, 6) is -17.1. The Kier molecular flexibility index (Phi) is 39.3. The molecule has 1 aliphatic rings. The predicted molar refractivity (Wildman–Crippen MR) is 391 cm³/mol. The summed E-state index contributed by atoms with van der Waals surface area (Å²) in [5, 5.41) is 73.3. The van der Waals surface area contributed by atoms with Crippen LogP contribution in [0, 0.1) is 17.6 Å². The van der Waals surface area contributed by atoms with Crippen molar-refractivity contribution in [1.29, 1.82) is 0 Å². The molecule has 1 aliphatic heterocycles. The average Bonchev–Trinajstić information content (AvgIpc) is 0.742. The monoisotopic (exact) mass is 1580 g/mol. The van der Waals surface area contributed by atoms with Crippen molar-refractivity contribution >= 4 is 78.8 Å². The van der Waals surface area contributed by atoms with E-state index in [0.717, 1.165) is 31.2 Å². The first-order chi connectivity index (χ1) is 52.1. The SMILES string of the molecule is CC[C@H](C)[C@H](NC(=O)[C@H](CO)NC(=O)CCCCCOC(=O)c1ccccc1C1c2cc(F)c(O)cc2Oc2cc(O)c(F)cc21)C(=O)N[C@H](C(=O)N[C@@H](CCCCN)C(=O)N[C@@H](COP(=O)(O)O)C(=O)N[C@@H](CO)C(=O)N[C@@H](CCCN=C(N)N)C(=O)N[C@@H](CCCCN)C(=O)N[C@@H](CCCCN)C(N)=O)[C@@H](C)O. The van der Waals surface area contributed by atoms with E-state index in [2.05, 4.69) is 57.4 Å². The number of hydrogen-bond donors (Lipinski definition) is 22. The number of nitrogens with one attached hydrogen (secondary N) is 9. The summed E-state index contributed by atoms with van der Waals surface area (Å²) in [4.78, 5) is 175. The second-order valence-electron chi connectivity index (χ2n) is 26.2. The summed E-state index contributed by atoms with van der Waals surface area (Å²) in [6.45, 7) is 1.08. The molecule has 38 nitrogen and oxygen atoms in total. The summed E-state index contributed by atoms with van der Waals surface area (Å²) in [7, 11) is -5.48. The van der Waals surface area contributed by atoms with Gasteiger partial charge in [0.25, 0.3) is 0 Å². The Morgan fingerprint density at radius 2 is 0.982 bits per heavy atom. The van der Waals surface area contributed by atoms with Crippen molar-refractivity contribution < 1.29 is 115 Å². The number of aliphatic hydroxyl groups excluding tert-OH is 3. The Morgan fingerprint density at radius 1 is 0.545 bits per heavy atom. The summed E-state index contributed by atoms with van der Waals surface area (Å²) in [5.41, 5.74) is 34.0. The maximum Gasteiger partial charge on any atom is 0.469 e. The Labute approximate surface area is 633 Å². The Balaban J connectivity index is 1.44. The van der Waals surface area contributed by atoms with E-state index in [0.29, 0.717) is 38.6 Å². The van der Waals surface area contributed by atoms with Gasteiger partial charge in [-0.15, -0.1) is 0 Å². The molecule has 0 fully saturated rings. The van der Waals surface area contributed by atoms with Crippen LogP contribution in [0.15, 0.2) is 53.5 Å². The number of guanidine groups is 1. The van der Waals surface area contributed by atoms with Crippen LogP contribution in [0.3, 0.4) is 0 Å². The van der Waals surface area contributed by atoms with Gasteiger partial charge in [0.05, 0.1) is 38.1 Å². The van der Waals surface area contributed by atoms with E-state index < -0.39 is 188 Å². The molecule has 0 aromatic heterocycles. The van der Waals surface area contributed by atoms with Crippen molar-refractivity contribution in [1.82, 2.24) is 47.9 Å². The van der Waals surface area contributed by atoms with E-state index in [9.17, 15) is 101 Å². The molecule has 110 heavy (non-hydrogen) atoms. The summed E-state index contributed by atoms with van der Waals surface area (Å²) >= 11 is 0. The minimum atomic E-state index is -5.48. The van der Waals surface area contributed by atoms with Gasteiger partial charge in [0.15, 0.2) is 29.1 Å². The second kappa shape index (κ2) is 46.7. The number of esters is 1. The number of benzene rings is 3. The normalized spacial score (nSPS) is 14.8. The van der Waals surface area contributed by atoms with Crippen LogP contribution in [0.2, 0.25) is 0 Å². The number of aliphatic hydroxyl groups is 3. The molecule has 1 heterocycles. The molecular weight excluding hydrogens is 1470 g/mol. The van der Waals surface area contributed by atoms with Crippen molar-refractivity contribution in [3.63, 3.8) is 0 Å². The highest BCUT2D eigenvalue weighted by Gasteiger charge is 2.39. The number of unbranched alkanes of at least 4 members (excludes halogenated alkanes) is 5. The summed E-state index contributed by atoms with van der Waals surface area (Å²) in [6.07, 6.45) is 0.454. The molecule has 11 atom stereocenters. The van der Waals surface area contributed by atoms with Crippen molar-refractivity contribution in [2.75, 3.05) is 52.6 Å². The summed E-state index contributed by atoms with van der Waals surface area (Å²) in [6, 6.07) is -4.94. The van der Waals surface area contributed by atoms with Gasteiger partial charge in [0.2, 0.25) is 59.1 Å². The Bertz CT molecular complexity index is 3650. The molecule has 41 heteroatoms. The highest BCUT2D eigenvalue weighted by Crippen LogP contribution is 2.51. The number of fused-ring (bicyclic) bond motifs is 2. The first-order valence-electron chi connectivity index (χ1n) is 35.9. The molecule has 3 aromatic carbocycles. The maximum atomic E-state index is 14.8. The number of nitrogens with two attached hydrogens (primary N) is 6. The minimum absolute atomic E-state index is 0.00456. The van der Waals surface area contributed by atoms with E-state index in [1.807, 2.05) is 0 Å². The molecule has 0 saturated carbocycles. The van der Waals surface area contributed by atoms with Crippen LogP contribution < -0.4 is 87.0 Å². The number of carbonyl (C=O) groups excluding carboxylic acids is 11. The molecule has 3 aromatic rings. The molecule has 4 rings (SSSR count). The van der Waals surface area contributed by atoms with Gasteiger partial charge in [-0.05, 0) is 146 Å². The Morgan fingerprint density at radius 3 is 1.47 bits per heavy atom. The number of primary amides is 1. The lowest BCUT2D eigenvalue weighted by atomic mass is 9.80. The van der Waals surface area contributed by atoms with E-state index >= 15 is 0 Å². The number of aliphatic imine (C=N–C) groups is 1. The molecule has 0 aliphatic carbocycles. The van der Waals surface area contributed by atoms with Crippen LogP contribution in [0.25, 0.3) is 0 Å². The average molecular weight is 1580 g/mol. The third-order valence-corrected chi connectivity index (χ3v) is 18.2. The van der Waals surface area contributed by atoms with Gasteiger partial charge in [-0.1, -0.05) is 38.5 Å². The number of amides is 10. The lowest BCUT2D eigenvalue weighted by molar-refractivity contribution is -0.138. The number of phosphoric acid groups is 1. The number of nitrogens with zero attached hydrogens (tertiary/aromatic N) is 1. The fourth-order valence-corrected chi connectivity index (χ4v) is 11.8. The van der Waals surface area contributed by atoms with Crippen molar-refractivity contribution in [3.05, 3.63) is 82.4 Å². The number of phenolic OH excluding ortho intramolecular Hbond substituents is 2. The topological polar surface area (TPSA) is 651 Å². The van der Waals surface area contributed by atoms with Crippen molar-refractivity contribution in [2.45, 2.75) is 190 Å². The number of ether oxygens (including phenoxy) is 2. The summed E-state index contributed by atoms with van der Waals surface area (Å²) < 4.78 is 57.6. The van der Waals surface area contributed by atoms with Crippen molar-refractivity contribution in [2.24, 2.45) is 45.3 Å². The van der Waals surface area contributed by atoms with Crippen LogP contribution >= 0.6 is 7.82 Å². The van der Waals surface area contributed by atoms with Crippen LogP contribution in [-0.4, -0.2) is 219 Å². The third-order valence-electron chi connectivity index (χ3n) is 17.7. The first kappa shape index (κ1) is 92.6. The zero-order valence-electron chi connectivity index (χ0n) is 61.4. The molecule has 0 spiro atoms. The molecule has 0 radical (unpaired) electrons.